The van der Waals surface area contributed by atoms with E-state index in [2.05, 4.69) is 15.4 Å². The zero-order chi connectivity index (χ0) is 15.2. The number of benzene rings is 1. The van der Waals surface area contributed by atoms with Gasteiger partial charge in [0.15, 0.2) is 5.82 Å². The zero-order valence-corrected chi connectivity index (χ0v) is 12.0. The molecule has 0 amide bonds. The highest BCUT2D eigenvalue weighted by Crippen LogP contribution is 2.25. The van der Waals surface area contributed by atoms with Gasteiger partial charge in [0.05, 0.1) is 0 Å². The molecule has 2 aromatic rings. The Morgan fingerprint density at radius 3 is 2.57 bits per heavy atom. The number of nitrogens with zero attached hydrogens (tertiary/aromatic N) is 3. The Kier molecular flexibility index (Phi) is 5.02. The van der Waals surface area contributed by atoms with Gasteiger partial charge in [-0.3, -0.25) is 0 Å². The van der Waals surface area contributed by atoms with Gasteiger partial charge in [-0.25, -0.2) is 20.2 Å². The van der Waals surface area contributed by atoms with Crippen LogP contribution in [0.3, 0.4) is 0 Å². The Morgan fingerprint density at radius 1 is 1.29 bits per heavy atom. The highest BCUT2D eigenvalue weighted by atomic mass is 19.1. The molecule has 3 N–H and O–H groups in total. The summed E-state index contributed by atoms with van der Waals surface area (Å²) in [6.07, 6.45) is 0. The van der Waals surface area contributed by atoms with Crippen LogP contribution in [0.5, 0.6) is 0 Å². The van der Waals surface area contributed by atoms with E-state index in [0.29, 0.717) is 24.0 Å². The molecule has 2 rings (SSSR count). The molecule has 0 unspecified atom stereocenters. The SMILES string of the molecule is CCN(c1ccc(F)cc1)c1cc(NN)nc(COC)n1. The number of hydrogen-bond donors (Lipinski definition) is 2. The molecule has 0 radical (unpaired) electrons. The number of halogens is 1. The lowest BCUT2D eigenvalue weighted by Gasteiger charge is -2.23. The van der Waals surface area contributed by atoms with Crippen molar-refractivity contribution in [1.82, 2.24) is 9.97 Å². The molecule has 1 heterocycles. The molecular formula is C14H18FN5O. The standard InChI is InChI=1S/C14H18FN5O/c1-3-20(11-6-4-10(15)5-7-11)14-8-12(19-16)17-13(18-14)9-21-2/h4-8H,3,9,16H2,1-2H3,(H,17,18,19). The van der Waals surface area contributed by atoms with Crippen LogP contribution in [0.25, 0.3) is 0 Å². The highest BCUT2D eigenvalue weighted by molar-refractivity contribution is 5.62. The van der Waals surface area contributed by atoms with Crippen molar-refractivity contribution in [2.75, 3.05) is 24.0 Å². The van der Waals surface area contributed by atoms with Gasteiger partial charge < -0.3 is 15.1 Å². The van der Waals surface area contributed by atoms with Crippen LogP contribution >= 0.6 is 0 Å². The van der Waals surface area contributed by atoms with Crippen molar-refractivity contribution >= 4 is 17.3 Å². The molecule has 0 aliphatic rings. The minimum Gasteiger partial charge on any atom is -0.377 e. The van der Waals surface area contributed by atoms with Crippen molar-refractivity contribution in [2.45, 2.75) is 13.5 Å². The van der Waals surface area contributed by atoms with E-state index in [0.717, 1.165) is 5.69 Å². The molecule has 7 heteroatoms. The summed E-state index contributed by atoms with van der Waals surface area (Å²) < 4.78 is 18.1. The van der Waals surface area contributed by atoms with Gasteiger partial charge in [0.2, 0.25) is 0 Å². The third-order valence-electron chi connectivity index (χ3n) is 2.91. The zero-order valence-electron chi connectivity index (χ0n) is 12.0. The van der Waals surface area contributed by atoms with E-state index >= 15 is 0 Å². The first kappa shape index (κ1) is 15.1. The second kappa shape index (κ2) is 6.96. The normalized spacial score (nSPS) is 10.5. The Labute approximate surface area is 122 Å². The second-order valence-corrected chi connectivity index (χ2v) is 4.33. The first-order valence-electron chi connectivity index (χ1n) is 6.54. The maximum atomic E-state index is 13.1. The van der Waals surface area contributed by atoms with Crippen LogP contribution < -0.4 is 16.2 Å². The number of aromatic nitrogens is 2. The number of nitrogens with two attached hydrogens (primary N) is 1. The molecular weight excluding hydrogens is 273 g/mol. The summed E-state index contributed by atoms with van der Waals surface area (Å²) in [4.78, 5) is 10.6. The summed E-state index contributed by atoms with van der Waals surface area (Å²) in [7, 11) is 1.57. The molecule has 0 aliphatic heterocycles. The van der Waals surface area contributed by atoms with Crippen molar-refractivity contribution < 1.29 is 9.13 Å². The summed E-state index contributed by atoms with van der Waals surface area (Å²) in [6.45, 7) is 2.93. The van der Waals surface area contributed by atoms with Crippen molar-refractivity contribution in [3.05, 3.63) is 42.0 Å². The number of anilines is 3. The molecule has 0 atom stereocenters. The number of rotatable bonds is 6. The summed E-state index contributed by atoms with van der Waals surface area (Å²) >= 11 is 0. The van der Waals surface area contributed by atoms with Crippen molar-refractivity contribution in [2.24, 2.45) is 5.84 Å². The minimum atomic E-state index is -0.276. The van der Waals surface area contributed by atoms with E-state index in [1.807, 2.05) is 11.8 Å². The Bertz CT molecular complexity index is 590. The Morgan fingerprint density at radius 2 is 2.00 bits per heavy atom. The van der Waals surface area contributed by atoms with Gasteiger partial charge in [0.1, 0.15) is 24.1 Å². The van der Waals surface area contributed by atoms with E-state index in [1.165, 1.54) is 12.1 Å². The van der Waals surface area contributed by atoms with Gasteiger partial charge in [0.25, 0.3) is 0 Å². The van der Waals surface area contributed by atoms with Crippen LogP contribution in [0.15, 0.2) is 30.3 Å². The van der Waals surface area contributed by atoms with Crippen LogP contribution in [0.1, 0.15) is 12.7 Å². The lowest BCUT2D eigenvalue weighted by Crippen LogP contribution is -2.20. The van der Waals surface area contributed by atoms with E-state index in [1.54, 1.807) is 25.3 Å². The van der Waals surface area contributed by atoms with Crippen molar-refractivity contribution in [1.29, 1.82) is 0 Å². The van der Waals surface area contributed by atoms with Gasteiger partial charge in [-0.2, -0.15) is 0 Å². The van der Waals surface area contributed by atoms with Crippen molar-refractivity contribution in [3.8, 4) is 0 Å². The molecule has 0 fully saturated rings. The molecule has 21 heavy (non-hydrogen) atoms. The number of hydrazine groups is 1. The third kappa shape index (κ3) is 3.65. The average Bonchev–Trinajstić information content (AvgIpc) is 2.50. The summed E-state index contributed by atoms with van der Waals surface area (Å²) in [6, 6.07) is 7.96. The number of nitrogens with one attached hydrogen (secondary N) is 1. The lowest BCUT2D eigenvalue weighted by molar-refractivity contribution is 0.178. The summed E-state index contributed by atoms with van der Waals surface area (Å²) in [5, 5.41) is 0. The maximum absolute atomic E-state index is 13.1. The molecule has 112 valence electrons. The molecule has 0 spiro atoms. The quantitative estimate of drug-likeness (QED) is 0.627. The fourth-order valence-corrected chi connectivity index (χ4v) is 1.99. The summed E-state index contributed by atoms with van der Waals surface area (Å²) in [5.41, 5.74) is 3.35. The van der Waals surface area contributed by atoms with E-state index < -0.39 is 0 Å². The predicted molar refractivity (Wildman–Crippen MR) is 79.6 cm³/mol. The topological polar surface area (TPSA) is 76.3 Å². The number of hydrogen-bond acceptors (Lipinski definition) is 6. The second-order valence-electron chi connectivity index (χ2n) is 4.33. The predicted octanol–water partition coefficient (Wildman–Crippen LogP) is 2.21. The first-order chi connectivity index (χ1) is 10.2. The first-order valence-corrected chi connectivity index (χ1v) is 6.54. The van der Waals surface area contributed by atoms with Crippen LogP contribution in [0, 0.1) is 5.82 Å². The molecule has 0 saturated carbocycles. The lowest BCUT2D eigenvalue weighted by atomic mass is 10.2. The molecule has 1 aromatic carbocycles. The Hall–Kier alpha value is -2.25. The summed E-state index contributed by atoms with van der Waals surface area (Å²) in [5.74, 6) is 6.83. The molecule has 0 bridgehead atoms. The van der Waals surface area contributed by atoms with Crippen LogP contribution in [-0.2, 0) is 11.3 Å². The van der Waals surface area contributed by atoms with Crippen molar-refractivity contribution in [3.63, 3.8) is 0 Å². The van der Waals surface area contributed by atoms with Crippen LogP contribution in [0.4, 0.5) is 21.7 Å². The molecule has 1 aromatic heterocycles. The van der Waals surface area contributed by atoms with Gasteiger partial charge >= 0.3 is 0 Å². The minimum absolute atomic E-state index is 0.276. The molecule has 0 aliphatic carbocycles. The molecule has 0 saturated heterocycles. The number of ether oxygens (including phenoxy) is 1. The van der Waals surface area contributed by atoms with Gasteiger partial charge in [-0.05, 0) is 31.2 Å². The largest absolute Gasteiger partial charge is 0.377 e. The van der Waals surface area contributed by atoms with E-state index in [9.17, 15) is 4.39 Å². The van der Waals surface area contributed by atoms with Crippen LogP contribution in [0.2, 0.25) is 0 Å². The fraction of sp³-hybridized carbons (Fsp3) is 0.286. The fourth-order valence-electron chi connectivity index (χ4n) is 1.99. The maximum Gasteiger partial charge on any atom is 0.158 e. The Balaban J connectivity index is 2.40. The third-order valence-corrected chi connectivity index (χ3v) is 2.91. The molecule has 6 nitrogen and oxygen atoms in total. The van der Waals surface area contributed by atoms with Gasteiger partial charge in [-0.15, -0.1) is 0 Å². The highest BCUT2D eigenvalue weighted by Gasteiger charge is 2.12. The van der Waals surface area contributed by atoms with Gasteiger partial charge in [0, 0.05) is 25.4 Å². The van der Waals surface area contributed by atoms with E-state index in [4.69, 9.17) is 10.6 Å². The average molecular weight is 291 g/mol. The number of nitrogen functional groups attached to an aromatic ring is 1. The van der Waals surface area contributed by atoms with E-state index in [-0.39, 0.29) is 12.4 Å². The smallest absolute Gasteiger partial charge is 0.158 e. The number of methoxy groups -OCH3 is 1. The monoisotopic (exact) mass is 291 g/mol. The van der Waals surface area contributed by atoms with Crippen LogP contribution in [-0.4, -0.2) is 23.6 Å². The van der Waals surface area contributed by atoms with Gasteiger partial charge in [-0.1, -0.05) is 0 Å².